The topological polar surface area (TPSA) is 70.6 Å². The van der Waals surface area contributed by atoms with E-state index in [1.165, 1.54) is 24.5 Å². The largest absolute Gasteiger partial charge is 0.573 e. The van der Waals surface area contributed by atoms with Gasteiger partial charge in [-0.3, -0.25) is 4.79 Å². The number of halogens is 3. The van der Waals surface area contributed by atoms with Crippen molar-refractivity contribution < 1.29 is 22.7 Å². The molecule has 1 saturated carbocycles. The lowest BCUT2D eigenvalue weighted by Gasteiger charge is -2.51. The maximum Gasteiger partial charge on any atom is 0.573 e. The third-order valence-electron chi connectivity index (χ3n) is 6.59. The minimum Gasteiger partial charge on any atom is -0.406 e. The molecule has 5 rings (SSSR count). The molecule has 1 aliphatic carbocycles. The number of aromatic nitrogens is 2. The summed E-state index contributed by atoms with van der Waals surface area (Å²) in [6, 6.07) is 4.71. The van der Waals surface area contributed by atoms with E-state index in [-0.39, 0.29) is 29.7 Å². The first-order valence-electron chi connectivity index (χ1n) is 11.2. The number of benzene rings is 1. The normalized spacial score (nSPS) is 20.1. The summed E-state index contributed by atoms with van der Waals surface area (Å²) >= 11 is 0. The molecule has 2 aromatic rings. The third kappa shape index (κ3) is 4.75. The van der Waals surface area contributed by atoms with Crippen LogP contribution in [-0.4, -0.2) is 64.3 Å². The van der Waals surface area contributed by atoms with Crippen LogP contribution >= 0.6 is 0 Å². The zero-order chi connectivity index (χ0) is 23.2. The second-order valence-corrected chi connectivity index (χ2v) is 9.34. The summed E-state index contributed by atoms with van der Waals surface area (Å²) in [4.78, 5) is 25.7. The Morgan fingerprint density at radius 2 is 1.94 bits per heavy atom. The monoisotopic (exact) mass is 461 g/mol. The molecule has 0 unspecified atom stereocenters. The van der Waals surface area contributed by atoms with Gasteiger partial charge in [-0.05, 0) is 61.9 Å². The van der Waals surface area contributed by atoms with Crippen molar-refractivity contribution in [3.8, 4) is 5.75 Å². The van der Waals surface area contributed by atoms with Gasteiger partial charge in [-0.2, -0.15) is 0 Å². The predicted octanol–water partition coefficient (Wildman–Crippen LogP) is 3.78. The fourth-order valence-electron chi connectivity index (χ4n) is 5.04. The molecule has 33 heavy (non-hydrogen) atoms. The van der Waals surface area contributed by atoms with Crippen LogP contribution in [0.4, 0.5) is 19.1 Å². The Morgan fingerprint density at radius 3 is 2.58 bits per heavy atom. The van der Waals surface area contributed by atoms with Gasteiger partial charge in [0.15, 0.2) is 0 Å². The van der Waals surface area contributed by atoms with E-state index < -0.39 is 6.36 Å². The number of carbonyl (C=O) groups is 1. The number of hydrogen-bond acceptors (Lipinski definition) is 6. The van der Waals surface area contributed by atoms with Gasteiger partial charge in [0.25, 0.3) is 5.91 Å². The Morgan fingerprint density at radius 1 is 1.21 bits per heavy atom. The van der Waals surface area contributed by atoms with Crippen LogP contribution < -0.4 is 10.1 Å². The molecule has 1 aromatic carbocycles. The van der Waals surface area contributed by atoms with Gasteiger partial charge in [-0.25, -0.2) is 9.97 Å². The van der Waals surface area contributed by atoms with Crippen LogP contribution in [0.2, 0.25) is 0 Å². The van der Waals surface area contributed by atoms with Crippen molar-refractivity contribution in [3.05, 3.63) is 47.3 Å². The standard InChI is InChI=1S/C23H26F3N5O2/c1-30-13-22(14-30)5-2-6-31(22)20(32)18-11-28-21(29-12-18)27-10-15-7-17(16-3-4-16)9-19(8-15)33-23(24,25)26/h7-9,11-12,16H,2-6,10,13-14H2,1H3,(H,27,28,29). The van der Waals surface area contributed by atoms with Gasteiger partial charge < -0.3 is 19.9 Å². The highest BCUT2D eigenvalue weighted by Gasteiger charge is 2.50. The number of ether oxygens (including phenoxy) is 1. The molecule has 2 saturated heterocycles. The first-order valence-corrected chi connectivity index (χ1v) is 11.2. The molecule has 1 amide bonds. The van der Waals surface area contributed by atoms with Crippen LogP contribution in [-0.2, 0) is 6.54 Å². The van der Waals surface area contributed by atoms with Crippen molar-refractivity contribution in [2.45, 2.75) is 50.0 Å². The highest BCUT2D eigenvalue weighted by molar-refractivity contribution is 5.94. The zero-order valence-electron chi connectivity index (χ0n) is 18.4. The Labute approximate surface area is 189 Å². The van der Waals surface area contributed by atoms with Gasteiger partial charge in [0.1, 0.15) is 5.75 Å². The number of alkyl halides is 3. The molecule has 0 atom stereocenters. The van der Waals surface area contributed by atoms with Crippen LogP contribution in [0.25, 0.3) is 0 Å². The summed E-state index contributed by atoms with van der Waals surface area (Å²) in [6.07, 6.45) is 2.23. The molecule has 7 nitrogen and oxygen atoms in total. The zero-order valence-corrected chi connectivity index (χ0v) is 18.4. The van der Waals surface area contributed by atoms with E-state index in [1.54, 1.807) is 0 Å². The minimum absolute atomic E-state index is 0.0572. The molecule has 10 heteroatoms. The van der Waals surface area contributed by atoms with Crippen molar-refractivity contribution in [3.63, 3.8) is 0 Å². The van der Waals surface area contributed by atoms with E-state index >= 15 is 0 Å². The van der Waals surface area contributed by atoms with E-state index in [0.717, 1.165) is 50.9 Å². The molecule has 3 heterocycles. The van der Waals surface area contributed by atoms with E-state index in [2.05, 4.69) is 24.9 Å². The van der Waals surface area contributed by atoms with Crippen molar-refractivity contribution in [2.24, 2.45) is 0 Å². The SMILES string of the molecule is CN1CC2(CCCN2C(=O)c2cnc(NCc3cc(OC(F)(F)F)cc(C4CC4)c3)nc2)C1. The summed E-state index contributed by atoms with van der Waals surface area (Å²) < 4.78 is 42.2. The minimum atomic E-state index is -4.73. The molecule has 1 aromatic heterocycles. The number of carbonyl (C=O) groups excluding carboxylic acids is 1. The molecule has 0 bridgehead atoms. The second-order valence-electron chi connectivity index (χ2n) is 9.34. The Balaban J connectivity index is 1.24. The van der Waals surface area contributed by atoms with Gasteiger partial charge in [-0.15, -0.1) is 13.2 Å². The number of likely N-dealkylation sites (N-methyl/N-ethyl adjacent to an activating group) is 1. The Kier molecular flexibility index (Phi) is 5.43. The number of amides is 1. The molecule has 1 spiro atoms. The van der Waals surface area contributed by atoms with Crippen LogP contribution in [0.15, 0.2) is 30.6 Å². The maximum atomic E-state index is 13.0. The summed E-state index contributed by atoms with van der Waals surface area (Å²) in [5.41, 5.74) is 1.87. The van der Waals surface area contributed by atoms with Crippen molar-refractivity contribution in [2.75, 3.05) is 32.0 Å². The quantitative estimate of drug-likeness (QED) is 0.706. The lowest BCUT2D eigenvalue weighted by atomic mass is 9.87. The van der Waals surface area contributed by atoms with Gasteiger partial charge in [0, 0.05) is 38.6 Å². The number of likely N-dealkylation sites (tertiary alicyclic amines) is 2. The van der Waals surface area contributed by atoms with Crippen molar-refractivity contribution >= 4 is 11.9 Å². The summed E-state index contributed by atoms with van der Waals surface area (Å²) in [7, 11) is 2.05. The summed E-state index contributed by atoms with van der Waals surface area (Å²) in [5, 5.41) is 3.03. The lowest BCUT2D eigenvalue weighted by molar-refractivity contribution is -0.274. The van der Waals surface area contributed by atoms with E-state index in [0.29, 0.717) is 17.1 Å². The smallest absolute Gasteiger partial charge is 0.406 e. The molecule has 0 radical (unpaired) electrons. The fourth-order valence-corrected chi connectivity index (χ4v) is 5.04. The maximum absolute atomic E-state index is 13.0. The van der Waals surface area contributed by atoms with Crippen LogP contribution in [0.3, 0.4) is 0 Å². The van der Waals surface area contributed by atoms with E-state index in [9.17, 15) is 18.0 Å². The molecule has 176 valence electrons. The van der Waals surface area contributed by atoms with Crippen LogP contribution in [0, 0.1) is 0 Å². The number of rotatable bonds is 6. The first-order chi connectivity index (χ1) is 15.7. The van der Waals surface area contributed by atoms with Gasteiger partial charge in [0.2, 0.25) is 5.95 Å². The van der Waals surface area contributed by atoms with Crippen LogP contribution in [0.1, 0.15) is 53.1 Å². The van der Waals surface area contributed by atoms with Crippen molar-refractivity contribution in [1.82, 2.24) is 19.8 Å². The molecule has 1 N–H and O–H groups in total. The number of nitrogens with one attached hydrogen (secondary N) is 1. The summed E-state index contributed by atoms with van der Waals surface area (Å²) in [6.45, 7) is 2.76. The number of nitrogens with zero attached hydrogens (tertiary/aromatic N) is 4. The number of anilines is 1. The molecule has 3 aliphatic rings. The second kappa shape index (κ2) is 8.16. The van der Waals surface area contributed by atoms with E-state index in [1.807, 2.05) is 18.0 Å². The van der Waals surface area contributed by atoms with Gasteiger partial charge in [0.05, 0.1) is 11.1 Å². The Hall–Kier alpha value is -2.88. The molecule has 2 aliphatic heterocycles. The fraction of sp³-hybridized carbons (Fsp3) is 0.522. The highest BCUT2D eigenvalue weighted by Crippen LogP contribution is 2.42. The average Bonchev–Trinajstić information content (AvgIpc) is 3.50. The third-order valence-corrected chi connectivity index (χ3v) is 6.59. The van der Waals surface area contributed by atoms with E-state index in [4.69, 9.17) is 0 Å². The Bertz CT molecular complexity index is 1030. The highest BCUT2D eigenvalue weighted by atomic mass is 19.4. The van der Waals surface area contributed by atoms with Crippen molar-refractivity contribution in [1.29, 1.82) is 0 Å². The average molecular weight is 461 g/mol. The molecule has 3 fully saturated rings. The lowest BCUT2D eigenvalue weighted by Crippen LogP contribution is -2.67. The number of hydrogen-bond donors (Lipinski definition) is 1. The summed E-state index contributed by atoms with van der Waals surface area (Å²) in [5.74, 6) is 0.317. The predicted molar refractivity (Wildman–Crippen MR) is 115 cm³/mol. The van der Waals surface area contributed by atoms with Crippen LogP contribution in [0.5, 0.6) is 5.75 Å². The first kappa shape index (κ1) is 21.9. The van der Waals surface area contributed by atoms with Gasteiger partial charge >= 0.3 is 6.36 Å². The van der Waals surface area contributed by atoms with Gasteiger partial charge in [-0.1, -0.05) is 6.07 Å². The molecular formula is C23H26F3N5O2. The molecular weight excluding hydrogens is 435 g/mol.